The molecule has 0 aliphatic rings. The molecule has 0 saturated heterocycles. The van der Waals surface area contributed by atoms with Gasteiger partial charge in [0.2, 0.25) is 0 Å². The Morgan fingerprint density at radius 3 is 2.53 bits per heavy atom. The molecule has 0 aliphatic carbocycles. The van der Waals surface area contributed by atoms with Crippen LogP contribution in [0.25, 0.3) is 11.3 Å². The summed E-state index contributed by atoms with van der Waals surface area (Å²) >= 11 is 6.03. The smallest absolute Gasteiger partial charge is 0.332 e. The Bertz CT molecular complexity index is 664. The van der Waals surface area contributed by atoms with E-state index in [0.29, 0.717) is 16.0 Å². The van der Waals surface area contributed by atoms with E-state index < -0.39 is 12.1 Å². The normalized spacial score (nSPS) is 11.1. The molecule has 0 bridgehead atoms. The molecule has 0 fully saturated rings. The highest BCUT2D eigenvalue weighted by molar-refractivity contribution is 6.33. The molecule has 19 heavy (non-hydrogen) atoms. The molecule has 0 spiro atoms. The van der Waals surface area contributed by atoms with Crippen LogP contribution < -0.4 is 10.3 Å². The Morgan fingerprint density at radius 2 is 2.00 bits per heavy atom. The molecule has 0 unspecified atom stereocenters. The summed E-state index contributed by atoms with van der Waals surface area (Å²) in [5.74, 6) is 0.510. The number of hydrogen-bond donors (Lipinski definition) is 0. The Balaban J connectivity index is 2.65. The lowest BCUT2D eigenvalue weighted by molar-refractivity contribution is 0.0464. The van der Waals surface area contributed by atoms with E-state index in [1.807, 2.05) is 0 Å². The van der Waals surface area contributed by atoms with E-state index in [9.17, 15) is 13.6 Å². The molecule has 102 valence electrons. The minimum atomic E-state index is -2.83. The van der Waals surface area contributed by atoms with E-state index in [1.165, 1.54) is 26.3 Å². The van der Waals surface area contributed by atoms with Crippen LogP contribution >= 0.6 is 11.6 Å². The third-order valence-corrected chi connectivity index (χ3v) is 3.10. The maximum absolute atomic E-state index is 13.0. The van der Waals surface area contributed by atoms with E-state index in [-0.39, 0.29) is 10.7 Å². The van der Waals surface area contributed by atoms with Crippen LogP contribution in [-0.4, -0.2) is 16.5 Å². The van der Waals surface area contributed by atoms with Crippen LogP contribution in [-0.2, 0) is 7.05 Å². The quantitative estimate of drug-likeness (QED) is 0.871. The van der Waals surface area contributed by atoms with Crippen molar-refractivity contribution in [3.8, 4) is 17.0 Å². The monoisotopic (exact) mass is 288 g/mol. The van der Waals surface area contributed by atoms with E-state index in [0.717, 1.165) is 10.7 Å². The summed E-state index contributed by atoms with van der Waals surface area (Å²) in [6.45, 7) is -2.83. The van der Waals surface area contributed by atoms with Gasteiger partial charge < -0.3 is 4.74 Å². The van der Waals surface area contributed by atoms with Gasteiger partial charge in [-0.2, -0.15) is 8.78 Å². The van der Waals surface area contributed by atoms with E-state index in [4.69, 9.17) is 16.3 Å². The first-order chi connectivity index (χ1) is 8.95. The predicted molar refractivity (Wildman–Crippen MR) is 67.9 cm³/mol. The van der Waals surface area contributed by atoms with Crippen molar-refractivity contribution in [1.29, 1.82) is 0 Å². The minimum Gasteiger partial charge on any atom is -0.497 e. The zero-order chi connectivity index (χ0) is 14.2. The van der Waals surface area contributed by atoms with Gasteiger partial charge in [-0.3, -0.25) is 4.79 Å². The lowest BCUT2D eigenvalue weighted by Gasteiger charge is -2.12. The molecule has 4 nitrogen and oxygen atoms in total. The fourth-order valence-electron chi connectivity index (χ4n) is 1.81. The number of nitrogens with zero attached hydrogens (tertiary/aromatic N) is 2. The number of methoxy groups -OCH3 is 1. The first kappa shape index (κ1) is 13.6. The SMILES string of the molecule is COc1ccc(-c2cc(=O)n(C)n2C(F)F)c(Cl)c1. The molecule has 0 N–H and O–H groups in total. The van der Waals surface area contributed by atoms with E-state index in [2.05, 4.69) is 0 Å². The van der Waals surface area contributed by atoms with Crippen LogP contribution in [0.3, 0.4) is 0 Å². The van der Waals surface area contributed by atoms with Crippen LogP contribution in [0.5, 0.6) is 5.75 Å². The van der Waals surface area contributed by atoms with E-state index >= 15 is 0 Å². The summed E-state index contributed by atoms with van der Waals surface area (Å²) in [5, 5.41) is 0.236. The molecule has 1 heterocycles. The molecule has 0 atom stereocenters. The maximum Gasteiger partial charge on any atom is 0.332 e. The van der Waals surface area contributed by atoms with Gasteiger partial charge in [-0.15, -0.1) is 0 Å². The fourth-order valence-corrected chi connectivity index (χ4v) is 2.08. The third-order valence-electron chi connectivity index (χ3n) is 2.79. The Morgan fingerprint density at radius 1 is 1.32 bits per heavy atom. The van der Waals surface area contributed by atoms with Crippen molar-refractivity contribution < 1.29 is 13.5 Å². The molecule has 7 heteroatoms. The standard InChI is InChI=1S/C12H11ClF2N2O2/c1-16-11(18)6-10(17(16)12(14)15)8-4-3-7(19-2)5-9(8)13/h3-6,12H,1-2H3. The average molecular weight is 289 g/mol. The lowest BCUT2D eigenvalue weighted by atomic mass is 10.1. The van der Waals surface area contributed by atoms with Crippen LogP contribution in [0.1, 0.15) is 6.55 Å². The number of rotatable bonds is 3. The van der Waals surface area contributed by atoms with Gasteiger partial charge in [-0.1, -0.05) is 11.6 Å². The Hall–Kier alpha value is -1.82. The fraction of sp³-hybridized carbons (Fsp3) is 0.250. The van der Waals surface area contributed by atoms with Crippen LogP contribution in [0.4, 0.5) is 8.78 Å². The minimum absolute atomic E-state index is 0.0650. The largest absolute Gasteiger partial charge is 0.497 e. The van der Waals surface area contributed by atoms with Crippen LogP contribution in [0.15, 0.2) is 29.1 Å². The van der Waals surface area contributed by atoms with Gasteiger partial charge in [0.25, 0.3) is 5.56 Å². The number of aromatic nitrogens is 2. The molecule has 1 aromatic carbocycles. The molecule has 2 rings (SSSR count). The second-order valence-corrected chi connectivity index (χ2v) is 4.27. The summed E-state index contributed by atoms with van der Waals surface area (Å²) in [4.78, 5) is 11.5. The molecule has 0 amide bonds. The van der Waals surface area contributed by atoms with Gasteiger partial charge in [0, 0.05) is 18.7 Å². The highest BCUT2D eigenvalue weighted by atomic mass is 35.5. The number of benzene rings is 1. The first-order valence-electron chi connectivity index (χ1n) is 5.36. The number of hydrogen-bond acceptors (Lipinski definition) is 2. The summed E-state index contributed by atoms with van der Waals surface area (Å²) < 4.78 is 32.4. The number of ether oxygens (including phenoxy) is 1. The highest BCUT2D eigenvalue weighted by Crippen LogP contribution is 2.32. The van der Waals surface area contributed by atoms with Crippen LogP contribution in [0.2, 0.25) is 5.02 Å². The van der Waals surface area contributed by atoms with Gasteiger partial charge in [0.1, 0.15) is 5.75 Å². The molecule has 0 radical (unpaired) electrons. The molecular weight excluding hydrogens is 278 g/mol. The molecule has 2 aromatic rings. The first-order valence-corrected chi connectivity index (χ1v) is 5.74. The zero-order valence-electron chi connectivity index (χ0n) is 10.2. The van der Waals surface area contributed by atoms with Gasteiger partial charge in [0.15, 0.2) is 0 Å². The van der Waals surface area contributed by atoms with Crippen molar-refractivity contribution in [1.82, 2.24) is 9.36 Å². The summed E-state index contributed by atoms with van der Waals surface area (Å²) in [6, 6.07) is 5.76. The zero-order valence-corrected chi connectivity index (χ0v) is 11.0. The molecule has 1 aromatic heterocycles. The predicted octanol–water partition coefficient (Wildman–Crippen LogP) is 2.91. The molecule has 0 saturated carbocycles. The average Bonchev–Trinajstić information content (AvgIpc) is 2.65. The number of halogens is 3. The van der Waals surface area contributed by atoms with Crippen molar-refractivity contribution in [2.45, 2.75) is 6.55 Å². The van der Waals surface area contributed by atoms with Gasteiger partial charge in [-0.25, -0.2) is 9.36 Å². The topological polar surface area (TPSA) is 36.2 Å². The molecular formula is C12H11ClF2N2O2. The Kier molecular flexibility index (Phi) is 3.61. The Labute approximate surface area is 112 Å². The summed E-state index contributed by atoms with van der Waals surface area (Å²) in [7, 11) is 2.75. The van der Waals surface area contributed by atoms with Gasteiger partial charge in [0.05, 0.1) is 17.8 Å². The number of alkyl halides is 2. The second kappa shape index (κ2) is 5.05. The van der Waals surface area contributed by atoms with Gasteiger partial charge in [-0.05, 0) is 18.2 Å². The van der Waals surface area contributed by atoms with E-state index in [1.54, 1.807) is 6.07 Å². The lowest BCUT2D eigenvalue weighted by Crippen LogP contribution is -2.19. The summed E-state index contributed by atoms with van der Waals surface area (Å²) in [6.07, 6.45) is 0. The molecule has 0 aliphatic heterocycles. The van der Waals surface area contributed by atoms with Crippen LogP contribution in [0, 0.1) is 0 Å². The van der Waals surface area contributed by atoms with Crippen molar-refractivity contribution in [2.75, 3.05) is 7.11 Å². The van der Waals surface area contributed by atoms with Crippen molar-refractivity contribution in [3.63, 3.8) is 0 Å². The second-order valence-electron chi connectivity index (χ2n) is 3.86. The van der Waals surface area contributed by atoms with Crippen molar-refractivity contribution in [2.24, 2.45) is 7.05 Å². The third kappa shape index (κ3) is 2.35. The highest BCUT2D eigenvalue weighted by Gasteiger charge is 2.19. The van der Waals surface area contributed by atoms with Gasteiger partial charge >= 0.3 is 6.55 Å². The summed E-state index contributed by atoms with van der Waals surface area (Å²) in [5.41, 5.74) is -0.113. The van der Waals surface area contributed by atoms with Crippen molar-refractivity contribution >= 4 is 11.6 Å². The maximum atomic E-state index is 13.0. The van der Waals surface area contributed by atoms with Crippen molar-refractivity contribution in [3.05, 3.63) is 39.6 Å².